The van der Waals surface area contributed by atoms with Gasteiger partial charge in [0, 0.05) is 52.1 Å². The molecule has 2 heterocycles. The first-order valence-corrected chi connectivity index (χ1v) is 7.66. The molecule has 0 unspecified atom stereocenters. The molecule has 7 nitrogen and oxygen atoms in total. The molecule has 1 aliphatic rings. The molecular formula is C14H21ClN4O3. The van der Waals surface area contributed by atoms with Crippen LogP contribution in [0, 0.1) is 5.92 Å². The zero-order valence-electron chi connectivity index (χ0n) is 12.8. The fraction of sp³-hybridized carbons (Fsp3) is 0.643. The van der Waals surface area contributed by atoms with Crippen LogP contribution in [0.5, 0.6) is 0 Å². The summed E-state index contributed by atoms with van der Waals surface area (Å²) < 4.78 is 5.00. The highest BCUT2D eigenvalue weighted by molar-refractivity contribution is 6.29. The first kappa shape index (κ1) is 16.8. The number of carbonyl (C=O) groups excluding carboxylic acids is 2. The molecule has 1 aromatic heterocycles. The number of halogens is 1. The molecule has 1 N–H and O–H groups in total. The number of hydrogen-bond donors (Lipinski definition) is 1. The Bertz CT molecular complexity index is 534. The van der Waals surface area contributed by atoms with Crippen LogP contribution in [-0.2, 0) is 16.0 Å². The summed E-state index contributed by atoms with van der Waals surface area (Å²) in [4.78, 5) is 28.1. The lowest BCUT2D eigenvalue weighted by molar-refractivity contribution is -0.132. The molecule has 1 saturated heterocycles. The number of likely N-dealkylation sites (N-methyl/N-ethyl adjacent to an activating group) is 1. The van der Waals surface area contributed by atoms with E-state index in [0.717, 1.165) is 6.54 Å². The highest BCUT2D eigenvalue weighted by atomic mass is 35.5. The Morgan fingerprint density at radius 3 is 2.86 bits per heavy atom. The first-order chi connectivity index (χ1) is 10.5. The van der Waals surface area contributed by atoms with Crippen LogP contribution in [-0.4, -0.2) is 67.0 Å². The Morgan fingerprint density at radius 1 is 1.45 bits per heavy atom. The van der Waals surface area contributed by atoms with Gasteiger partial charge in [0.1, 0.15) is 5.76 Å². The molecule has 2 amide bonds. The van der Waals surface area contributed by atoms with Crippen molar-refractivity contribution in [2.24, 2.45) is 5.92 Å². The van der Waals surface area contributed by atoms with Gasteiger partial charge in [0.2, 0.25) is 11.8 Å². The van der Waals surface area contributed by atoms with Crippen LogP contribution in [0.25, 0.3) is 0 Å². The topological polar surface area (TPSA) is 78.7 Å². The largest absolute Gasteiger partial charge is 0.360 e. The van der Waals surface area contributed by atoms with Gasteiger partial charge in [0.25, 0.3) is 0 Å². The number of nitrogens with one attached hydrogen (secondary N) is 1. The molecule has 1 aliphatic heterocycles. The van der Waals surface area contributed by atoms with Crippen LogP contribution < -0.4 is 5.32 Å². The van der Waals surface area contributed by atoms with Crippen molar-refractivity contribution in [3.05, 3.63) is 17.0 Å². The Hall–Kier alpha value is -1.60. The van der Waals surface area contributed by atoms with Crippen molar-refractivity contribution in [1.29, 1.82) is 0 Å². The van der Waals surface area contributed by atoms with Crippen molar-refractivity contribution in [3.63, 3.8) is 0 Å². The van der Waals surface area contributed by atoms with E-state index >= 15 is 0 Å². The third-order valence-corrected chi connectivity index (χ3v) is 3.99. The number of amides is 2. The maximum absolute atomic E-state index is 12.4. The predicted molar refractivity (Wildman–Crippen MR) is 81.5 cm³/mol. The summed E-state index contributed by atoms with van der Waals surface area (Å²) in [6.45, 7) is 2.48. The second-order valence-corrected chi connectivity index (χ2v) is 5.92. The third kappa shape index (κ3) is 4.45. The Morgan fingerprint density at radius 2 is 2.23 bits per heavy atom. The number of aryl methyl sites for hydroxylation is 1. The van der Waals surface area contributed by atoms with E-state index in [9.17, 15) is 9.59 Å². The van der Waals surface area contributed by atoms with Gasteiger partial charge in [-0.2, -0.15) is 0 Å². The van der Waals surface area contributed by atoms with Gasteiger partial charge >= 0.3 is 0 Å². The minimum atomic E-state index is -0.207. The van der Waals surface area contributed by atoms with Gasteiger partial charge in [-0.25, -0.2) is 0 Å². The minimum Gasteiger partial charge on any atom is -0.360 e. The zero-order chi connectivity index (χ0) is 16.1. The molecule has 2 rings (SSSR count). The van der Waals surface area contributed by atoms with Crippen LogP contribution >= 0.6 is 11.6 Å². The number of rotatable bonds is 4. The van der Waals surface area contributed by atoms with Gasteiger partial charge in [-0.15, -0.1) is 0 Å². The second-order valence-electron chi connectivity index (χ2n) is 5.53. The van der Waals surface area contributed by atoms with Crippen molar-refractivity contribution in [2.45, 2.75) is 12.8 Å². The van der Waals surface area contributed by atoms with Crippen LogP contribution in [0.2, 0.25) is 5.15 Å². The van der Waals surface area contributed by atoms with Crippen LogP contribution in [0.3, 0.4) is 0 Å². The summed E-state index contributed by atoms with van der Waals surface area (Å²) in [5, 5.41) is 6.54. The summed E-state index contributed by atoms with van der Waals surface area (Å²) in [6, 6.07) is 1.61. The molecule has 1 aromatic rings. The van der Waals surface area contributed by atoms with Crippen LogP contribution in [0.1, 0.15) is 12.2 Å². The molecule has 0 radical (unpaired) electrons. The Labute approximate surface area is 134 Å². The maximum Gasteiger partial charge on any atom is 0.225 e. The van der Waals surface area contributed by atoms with E-state index in [2.05, 4.69) is 15.4 Å². The molecule has 0 bridgehead atoms. The molecular weight excluding hydrogens is 308 g/mol. The maximum atomic E-state index is 12.4. The summed E-state index contributed by atoms with van der Waals surface area (Å²) in [6.07, 6.45) is 0.769. The number of carbonyl (C=O) groups is 2. The van der Waals surface area contributed by atoms with Crippen molar-refractivity contribution in [2.75, 3.05) is 40.3 Å². The fourth-order valence-corrected chi connectivity index (χ4v) is 2.72. The van der Waals surface area contributed by atoms with Crippen molar-refractivity contribution in [1.82, 2.24) is 20.3 Å². The van der Waals surface area contributed by atoms with Crippen molar-refractivity contribution in [3.8, 4) is 0 Å². The smallest absolute Gasteiger partial charge is 0.225 e. The van der Waals surface area contributed by atoms with E-state index in [4.69, 9.17) is 16.1 Å². The van der Waals surface area contributed by atoms with Crippen molar-refractivity contribution < 1.29 is 14.1 Å². The van der Waals surface area contributed by atoms with Gasteiger partial charge in [-0.3, -0.25) is 9.59 Å². The Balaban J connectivity index is 1.93. The van der Waals surface area contributed by atoms with Gasteiger partial charge in [-0.1, -0.05) is 16.8 Å². The molecule has 1 atom stereocenters. The highest BCUT2D eigenvalue weighted by Gasteiger charge is 2.28. The number of aromatic nitrogens is 1. The quantitative estimate of drug-likeness (QED) is 0.865. The molecule has 0 aliphatic carbocycles. The highest BCUT2D eigenvalue weighted by Crippen LogP contribution is 2.14. The predicted octanol–water partition coefficient (Wildman–Crippen LogP) is 0.397. The van der Waals surface area contributed by atoms with E-state index in [0.29, 0.717) is 43.4 Å². The van der Waals surface area contributed by atoms with Gasteiger partial charge in [0.15, 0.2) is 5.15 Å². The van der Waals surface area contributed by atoms with E-state index in [1.54, 1.807) is 18.0 Å². The lowest BCUT2D eigenvalue weighted by Gasteiger charge is -2.23. The summed E-state index contributed by atoms with van der Waals surface area (Å²) in [5.74, 6) is 0.361. The van der Waals surface area contributed by atoms with E-state index < -0.39 is 0 Å². The van der Waals surface area contributed by atoms with Crippen LogP contribution in [0.4, 0.5) is 0 Å². The van der Waals surface area contributed by atoms with Gasteiger partial charge < -0.3 is 19.6 Å². The molecule has 0 saturated carbocycles. The lowest BCUT2D eigenvalue weighted by Crippen LogP contribution is -2.41. The van der Waals surface area contributed by atoms with Gasteiger partial charge in [0.05, 0.1) is 5.92 Å². The second kappa shape index (κ2) is 7.60. The summed E-state index contributed by atoms with van der Waals surface area (Å²) in [5.41, 5.74) is 0. The molecule has 0 spiro atoms. The van der Waals surface area contributed by atoms with E-state index in [1.165, 1.54) is 0 Å². The third-order valence-electron chi connectivity index (χ3n) is 3.81. The monoisotopic (exact) mass is 328 g/mol. The lowest BCUT2D eigenvalue weighted by atomic mass is 10.1. The average molecular weight is 329 g/mol. The minimum absolute atomic E-state index is 0.0109. The molecule has 8 heteroatoms. The Kier molecular flexibility index (Phi) is 5.79. The van der Waals surface area contributed by atoms with E-state index in [-0.39, 0.29) is 17.7 Å². The van der Waals surface area contributed by atoms with Gasteiger partial charge in [-0.05, 0) is 7.05 Å². The number of nitrogens with zero attached hydrogens (tertiary/aromatic N) is 3. The fourth-order valence-electron chi connectivity index (χ4n) is 2.56. The van der Waals surface area contributed by atoms with E-state index in [1.807, 2.05) is 7.05 Å². The molecule has 1 fully saturated rings. The average Bonchev–Trinajstić information content (AvgIpc) is 2.81. The SMILES string of the molecule is CNC(=O)[C@@H]1CN(C)CCN(C(=O)CCc2cc(Cl)no2)C1. The van der Waals surface area contributed by atoms with Crippen molar-refractivity contribution >= 4 is 23.4 Å². The first-order valence-electron chi connectivity index (χ1n) is 7.28. The normalized spacial score (nSPS) is 19.8. The zero-order valence-corrected chi connectivity index (χ0v) is 13.6. The van der Waals surface area contributed by atoms with Crippen LogP contribution in [0.15, 0.2) is 10.6 Å². The summed E-state index contributed by atoms with van der Waals surface area (Å²) >= 11 is 5.68. The molecule has 122 valence electrons. The standard InChI is InChI=1S/C14H21ClN4O3/c1-16-14(21)10-8-18(2)5-6-19(9-10)13(20)4-3-11-7-12(15)17-22-11/h7,10H,3-6,8-9H2,1-2H3,(H,16,21)/t10-/m1/s1. The summed E-state index contributed by atoms with van der Waals surface area (Å²) in [7, 11) is 3.58. The number of hydrogen-bond acceptors (Lipinski definition) is 5. The molecule has 22 heavy (non-hydrogen) atoms. The molecule has 0 aromatic carbocycles.